The first kappa shape index (κ1) is 23.5. The molecular formula is C23H21FN4O4S2. The van der Waals surface area contributed by atoms with E-state index in [2.05, 4.69) is 10.6 Å². The molecule has 0 bridgehead atoms. The Balaban J connectivity index is 1.56. The fourth-order valence-electron chi connectivity index (χ4n) is 3.42. The highest BCUT2D eigenvalue weighted by molar-refractivity contribution is 7.92. The number of hydrogen-bond acceptors (Lipinski definition) is 6. The van der Waals surface area contributed by atoms with Crippen LogP contribution < -0.4 is 20.9 Å². The first-order valence-electron chi connectivity index (χ1n) is 10.3. The van der Waals surface area contributed by atoms with E-state index in [0.717, 1.165) is 39.9 Å². The van der Waals surface area contributed by atoms with Crippen LogP contribution in [0.5, 0.6) is 0 Å². The number of benzene rings is 2. The molecule has 0 fully saturated rings. The van der Waals surface area contributed by atoms with Crippen molar-refractivity contribution in [3.05, 3.63) is 81.8 Å². The van der Waals surface area contributed by atoms with Crippen molar-refractivity contribution in [1.82, 2.24) is 9.29 Å². The van der Waals surface area contributed by atoms with E-state index in [0.29, 0.717) is 5.39 Å². The lowest BCUT2D eigenvalue weighted by molar-refractivity contribution is 0.256. The number of pyridine rings is 1. The number of aryl methyl sites for hydroxylation is 1. The summed E-state index contributed by atoms with van der Waals surface area (Å²) in [5, 5.41) is 6.62. The molecular weight excluding hydrogens is 479 g/mol. The van der Waals surface area contributed by atoms with Crippen LogP contribution >= 0.6 is 11.3 Å². The summed E-state index contributed by atoms with van der Waals surface area (Å²) in [5.41, 5.74) is 0.509. The van der Waals surface area contributed by atoms with E-state index in [1.165, 1.54) is 29.0 Å². The van der Waals surface area contributed by atoms with E-state index in [4.69, 9.17) is 0 Å². The second-order valence-corrected chi connectivity index (χ2v) is 10.6. The van der Waals surface area contributed by atoms with Gasteiger partial charge in [-0.25, -0.2) is 22.3 Å². The van der Waals surface area contributed by atoms with Crippen molar-refractivity contribution in [3.63, 3.8) is 0 Å². The molecule has 0 aliphatic rings. The molecule has 2 aromatic carbocycles. The summed E-state index contributed by atoms with van der Waals surface area (Å²) in [6.45, 7) is 4.46. The number of carbonyl (C=O) groups excluding carboxylic acids is 1. The number of urea groups is 1. The number of thiophene rings is 1. The van der Waals surface area contributed by atoms with Crippen LogP contribution in [0.3, 0.4) is 0 Å². The number of nitrogens with zero attached hydrogens (tertiary/aromatic N) is 1. The normalized spacial score (nSPS) is 11.4. The molecule has 0 unspecified atom stereocenters. The molecule has 0 saturated heterocycles. The summed E-state index contributed by atoms with van der Waals surface area (Å²) < 4.78 is 42.5. The summed E-state index contributed by atoms with van der Waals surface area (Å²) in [5.74, 6) is -0.764. The van der Waals surface area contributed by atoms with Gasteiger partial charge in [-0.2, -0.15) is 0 Å². The zero-order valence-electron chi connectivity index (χ0n) is 18.3. The topological polar surface area (TPSA) is 109 Å². The Bertz CT molecular complexity index is 1560. The Hall–Kier alpha value is -3.70. The van der Waals surface area contributed by atoms with Gasteiger partial charge in [0.05, 0.1) is 5.69 Å². The van der Waals surface area contributed by atoms with Gasteiger partial charge in [0.2, 0.25) is 0 Å². The molecule has 2 aromatic heterocycles. The van der Waals surface area contributed by atoms with Gasteiger partial charge in [-0.05, 0) is 73.8 Å². The van der Waals surface area contributed by atoms with E-state index in [-0.39, 0.29) is 15.6 Å². The van der Waals surface area contributed by atoms with Crippen molar-refractivity contribution in [2.75, 3.05) is 17.2 Å². The maximum Gasteiger partial charge on any atom is 0.333 e. The van der Waals surface area contributed by atoms with Crippen LogP contribution in [-0.2, 0) is 10.0 Å². The van der Waals surface area contributed by atoms with Gasteiger partial charge in [-0.3, -0.25) is 9.36 Å². The van der Waals surface area contributed by atoms with E-state index >= 15 is 0 Å². The number of anilines is 2. The van der Waals surface area contributed by atoms with Gasteiger partial charge in [0.25, 0.3) is 15.6 Å². The molecule has 0 saturated carbocycles. The fourth-order valence-corrected chi connectivity index (χ4v) is 5.61. The molecule has 4 aromatic rings. The molecule has 0 aliphatic heterocycles. The van der Waals surface area contributed by atoms with E-state index in [1.54, 1.807) is 31.2 Å². The molecule has 0 aliphatic carbocycles. The third-order valence-corrected chi connectivity index (χ3v) is 7.78. The number of carbonyl (C=O) groups is 1. The van der Waals surface area contributed by atoms with Crippen LogP contribution in [0.25, 0.3) is 16.5 Å². The fraction of sp³-hybridized carbons (Fsp3) is 0.130. The minimum Gasteiger partial charge on any atom is -0.385 e. The lowest BCUT2D eigenvalue weighted by Gasteiger charge is -2.12. The van der Waals surface area contributed by atoms with Crippen molar-refractivity contribution in [2.45, 2.75) is 18.1 Å². The largest absolute Gasteiger partial charge is 0.385 e. The van der Waals surface area contributed by atoms with Gasteiger partial charge in [0.1, 0.15) is 10.0 Å². The van der Waals surface area contributed by atoms with Crippen molar-refractivity contribution in [3.8, 4) is 5.69 Å². The zero-order valence-corrected chi connectivity index (χ0v) is 19.9. The molecule has 8 nitrogen and oxygen atoms in total. The molecule has 34 heavy (non-hydrogen) atoms. The van der Waals surface area contributed by atoms with Crippen molar-refractivity contribution < 1.29 is 17.6 Å². The molecule has 0 spiro atoms. The Labute approximate surface area is 199 Å². The van der Waals surface area contributed by atoms with Crippen LogP contribution in [-0.4, -0.2) is 25.6 Å². The number of fused-ring (bicyclic) bond motifs is 1. The average Bonchev–Trinajstić information content (AvgIpc) is 3.22. The number of sulfonamides is 1. The minimum absolute atomic E-state index is 0.00435. The zero-order chi connectivity index (χ0) is 24.5. The lowest BCUT2D eigenvalue weighted by Crippen LogP contribution is -2.34. The number of nitrogens with one attached hydrogen (secondary N) is 3. The standard InChI is InChI=1S/C23H21FN4O4S2/c1-3-25-16-5-7-18-15(12-16)10-11-28(22(18)29)20-8-6-17(13-19(20)24)26-23(30)27-34(31,32)21-9-4-14(2)33-21/h4-13,25H,3H2,1-2H3,(H2,26,27,30). The van der Waals surface area contributed by atoms with Crippen molar-refractivity contribution in [1.29, 1.82) is 0 Å². The van der Waals surface area contributed by atoms with Crippen LogP contribution in [0.4, 0.5) is 20.6 Å². The summed E-state index contributed by atoms with van der Waals surface area (Å²) in [6.07, 6.45) is 1.48. The predicted molar refractivity (Wildman–Crippen MR) is 132 cm³/mol. The third-order valence-electron chi connectivity index (χ3n) is 4.96. The summed E-state index contributed by atoms with van der Waals surface area (Å²) >= 11 is 1.02. The Morgan fingerprint density at radius 3 is 2.50 bits per heavy atom. The Morgan fingerprint density at radius 2 is 1.82 bits per heavy atom. The highest BCUT2D eigenvalue weighted by atomic mass is 32.2. The first-order chi connectivity index (χ1) is 16.2. The van der Waals surface area contributed by atoms with E-state index < -0.39 is 27.4 Å². The number of amides is 2. The Kier molecular flexibility index (Phi) is 6.40. The second kappa shape index (κ2) is 9.27. The van der Waals surface area contributed by atoms with Gasteiger partial charge in [0, 0.05) is 34.4 Å². The van der Waals surface area contributed by atoms with Crippen molar-refractivity contribution >= 4 is 49.5 Å². The molecule has 4 rings (SSSR count). The third kappa shape index (κ3) is 4.80. The maximum atomic E-state index is 14.9. The Morgan fingerprint density at radius 1 is 1.06 bits per heavy atom. The van der Waals surface area contributed by atoms with Gasteiger partial charge < -0.3 is 10.6 Å². The molecule has 176 valence electrons. The van der Waals surface area contributed by atoms with E-state index in [9.17, 15) is 22.4 Å². The first-order valence-corrected chi connectivity index (χ1v) is 12.6. The minimum atomic E-state index is -4.04. The smallest absolute Gasteiger partial charge is 0.333 e. The van der Waals surface area contributed by atoms with Crippen LogP contribution in [0.2, 0.25) is 0 Å². The maximum absolute atomic E-state index is 14.9. The molecule has 11 heteroatoms. The summed E-state index contributed by atoms with van der Waals surface area (Å²) in [7, 11) is -4.04. The predicted octanol–water partition coefficient (Wildman–Crippen LogP) is 4.44. The number of halogens is 1. The lowest BCUT2D eigenvalue weighted by atomic mass is 10.1. The summed E-state index contributed by atoms with van der Waals surface area (Å²) in [6, 6.07) is 12.7. The van der Waals surface area contributed by atoms with Crippen LogP contribution in [0.15, 0.2) is 69.8 Å². The average molecular weight is 501 g/mol. The summed E-state index contributed by atoms with van der Waals surface area (Å²) in [4.78, 5) is 25.9. The molecule has 3 N–H and O–H groups in total. The van der Waals surface area contributed by atoms with Gasteiger partial charge in [-0.15, -0.1) is 11.3 Å². The van der Waals surface area contributed by atoms with Gasteiger partial charge in [-0.1, -0.05) is 0 Å². The monoisotopic (exact) mass is 500 g/mol. The SMILES string of the molecule is CCNc1ccc2c(=O)n(-c3ccc(NC(=O)NS(=O)(=O)c4ccc(C)s4)cc3F)ccc2c1. The van der Waals surface area contributed by atoms with E-state index in [1.807, 2.05) is 17.7 Å². The number of aromatic nitrogens is 1. The molecule has 2 heterocycles. The molecule has 2 amide bonds. The van der Waals surface area contributed by atoms with Gasteiger partial charge >= 0.3 is 6.03 Å². The quantitative estimate of drug-likeness (QED) is 0.363. The van der Waals surface area contributed by atoms with Crippen LogP contribution in [0.1, 0.15) is 11.8 Å². The van der Waals surface area contributed by atoms with Crippen LogP contribution in [0, 0.1) is 12.7 Å². The highest BCUT2D eigenvalue weighted by Crippen LogP contribution is 2.22. The van der Waals surface area contributed by atoms with Gasteiger partial charge in [0.15, 0.2) is 0 Å². The molecule has 0 atom stereocenters. The number of hydrogen-bond donors (Lipinski definition) is 3. The highest BCUT2D eigenvalue weighted by Gasteiger charge is 2.20. The number of rotatable bonds is 6. The second-order valence-electron chi connectivity index (χ2n) is 7.41. The van der Waals surface area contributed by atoms with Crippen molar-refractivity contribution in [2.24, 2.45) is 0 Å². The molecule has 0 radical (unpaired) electrons.